The molecule has 0 radical (unpaired) electrons. The fourth-order valence-corrected chi connectivity index (χ4v) is 5.49. The van der Waals surface area contributed by atoms with Crippen molar-refractivity contribution in [1.82, 2.24) is 24.5 Å². The van der Waals surface area contributed by atoms with E-state index in [9.17, 15) is 18.3 Å². The van der Waals surface area contributed by atoms with Crippen molar-refractivity contribution in [1.29, 1.82) is 0 Å². The van der Waals surface area contributed by atoms with E-state index in [1.807, 2.05) is 6.07 Å². The number of hydrogen-bond acceptors (Lipinski definition) is 7. The lowest BCUT2D eigenvalue weighted by Crippen LogP contribution is -2.42. The summed E-state index contributed by atoms with van der Waals surface area (Å²) >= 11 is 0. The van der Waals surface area contributed by atoms with Gasteiger partial charge in [0.1, 0.15) is 12.0 Å². The molecule has 1 saturated heterocycles. The standard InChI is InChI=1S/C23H31N5O4S/c1-33(31,32)28-9-6-17(13-28)10-20-11-22(26-16-25-20)23(30)24-12-21(29)15-27-8-7-18-4-2-3-5-19(18)14-27/h2-5,11,16-17,21,29H,6-10,12-15H2,1H3,(H,24,30)/t17?,21-/m0/s1. The van der Waals surface area contributed by atoms with Crippen LogP contribution in [0.3, 0.4) is 0 Å². The number of aliphatic hydroxyl groups is 1. The number of β-amino-alcohol motifs (C(OH)–C–C–N with tert-alkyl or cyclic N) is 1. The quantitative estimate of drug-likeness (QED) is 0.572. The maximum Gasteiger partial charge on any atom is 0.270 e. The zero-order chi connectivity index (χ0) is 23.4. The lowest BCUT2D eigenvalue weighted by atomic mass is 10.00. The van der Waals surface area contributed by atoms with Crippen LogP contribution >= 0.6 is 0 Å². The summed E-state index contributed by atoms with van der Waals surface area (Å²) in [5, 5.41) is 13.2. The molecular weight excluding hydrogens is 442 g/mol. The first-order valence-corrected chi connectivity index (χ1v) is 13.1. The largest absolute Gasteiger partial charge is 0.390 e. The Hall–Kier alpha value is -2.40. The van der Waals surface area contributed by atoms with Gasteiger partial charge in [-0.05, 0) is 42.4 Å². The molecule has 1 aromatic carbocycles. The fraction of sp³-hybridized carbons (Fsp3) is 0.522. The topological polar surface area (TPSA) is 116 Å². The second-order valence-corrected chi connectivity index (χ2v) is 11.0. The van der Waals surface area contributed by atoms with Gasteiger partial charge in [-0.15, -0.1) is 0 Å². The van der Waals surface area contributed by atoms with Crippen molar-refractivity contribution in [2.75, 3.05) is 39.0 Å². The molecule has 1 fully saturated rings. The number of nitrogens with zero attached hydrogens (tertiary/aromatic N) is 4. The summed E-state index contributed by atoms with van der Waals surface area (Å²) in [6, 6.07) is 9.99. The summed E-state index contributed by atoms with van der Waals surface area (Å²) in [4.78, 5) is 23.1. The summed E-state index contributed by atoms with van der Waals surface area (Å²) in [6.45, 7) is 3.30. The Labute approximate surface area is 194 Å². The van der Waals surface area contributed by atoms with Gasteiger partial charge < -0.3 is 10.4 Å². The smallest absolute Gasteiger partial charge is 0.270 e. The normalized spacial score (nSPS) is 20.4. The summed E-state index contributed by atoms with van der Waals surface area (Å²) in [7, 11) is -3.18. The number of carbonyl (C=O) groups excluding carboxylic acids is 1. The molecular formula is C23H31N5O4S. The molecule has 0 bridgehead atoms. The second-order valence-electron chi connectivity index (χ2n) is 8.99. The number of carbonyl (C=O) groups is 1. The van der Waals surface area contributed by atoms with Gasteiger partial charge in [-0.3, -0.25) is 9.69 Å². The van der Waals surface area contributed by atoms with Crippen LogP contribution in [0.5, 0.6) is 0 Å². The summed E-state index contributed by atoms with van der Waals surface area (Å²) in [5.74, 6) is -0.187. The van der Waals surface area contributed by atoms with Gasteiger partial charge in [0.25, 0.3) is 5.91 Å². The van der Waals surface area contributed by atoms with Crippen molar-refractivity contribution in [3.05, 3.63) is 59.2 Å². The van der Waals surface area contributed by atoms with E-state index in [0.29, 0.717) is 31.7 Å². The first kappa shape index (κ1) is 23.7. The van der Waals surface area contributed by atoms with Gasteiger partial charge in [0.2, 0.25) is 10.0 Å². The Balaban J connectivity index is 1.25. The lowest BCUT2D eigenvalue weighted by molar-refractivity contribution is 0.0838. The Bertz CT molecular complexity index is 1090. The molecule has 178 valence electrons. The number of hydrogen-bond donors (Lipinski definition) is 2. The van der Waals surface area contributed by atoms with Crippen LogP contribution < -0.4 is 5.32 Å². The van der Waals surface area contributed by atoms with E-state index in [1.54, 1.807) is 6.07 Å². The minimum atomic E-state index is -3.18. The highest BCUT2D eigenvalue weighted by molar-refractivity contribution is 7.88. The number of fused-ring (bicyclic) bond motifs is 1. The highest BCUT2D eigenvalue weighted by Gasteiger charge is 2.29. The van der Waals surface area contributed by atoms with Crippen molar-refractivity contribution in [2.45, 2.75) is 31.9 Å². The highest BCUT2D eigenvalue weighted by atomic mass is 32.2. The van der Waals surface area contributed by atoms with Crippen molar-refractivity contribution in [3.63, 3.8) is 0 Å². The first-order chi connectivity index (χ1) is 15.8. The molecule has 1 aromatic heterocycles. The van der Waals surface area contributed by atoms with Crippen LogP contribution in [-0.2, 0) is 29.4 Å². The summed E-state index contributed by atoms with van der Waals surface area (Å²) in [6.07, 6.45) is 4.22. The first-order valence-electron chi connectivity index (χ1n) is 11.3. The Morgan fingerprint density at radius 1 is 1.24 bits per heavy atom. The van der Waals surface area contributed by atoms with E-state index >= 15 is 0 Å². The number of amides is 1. The third-order valence-electron chi connectivity index (χ3n) is 6.35. The second kappa shape index (κ2) is 10.3. The van der Waals surface area contributed by atoms with Crippen LogP contribution in [0, 0.1) is 5.92 Å². The molecule has 1 unspecified atom stereocenters. The van der Waals surface area contributed by atoms with E-state index in [1.165, 1.54) is 28.0 Å². The van der Waals surface area contributed by atoms with Gasteiger partial charge in [-0.25, -0.2) is 22.7 Å². The van der Waals surface area contributed by atoms with Gasteiger partial charge in [0.15, 0.2) is 0 Å². The number of benzene rings is 1. The van der Waals surface area contributed by atoms with Crippen LogP contribution in [0.2, 0.25) is 0 Å². The lowest BCUT2D eigenvalue weighted by Gasteiger charge is -2.30. The van der Waals surface area contributed by atoms with Gasteiger partial charge in [-0.1, -0.05) is 24.3 Å². The number of aromatic nitrogens is 2. The highest BCUT2D eigenvalue weighted by Crippen LogP contribution is 2.22. The van der Waals surface area contributed by atoms with E-state index in [2.05, 4.69) is 38.4 Å². The average Bonchev–Trinajstić information content (AvgIpc) is 3.27. The molecule has 1 amide bonds. The molecule has 10 heteroatoms. The molecule has 3 heterocycles. The minimum Gasteiger partial charge on any atom is -0.390 e. The van der Waals surface area contributed by atoms with Crippen molar-refractivity contribution in [2.24, 2.45) is 5.92 Å². The molecule has 0 aliphatic carbocycles. The molecule has 9 nitrogen and oxygen atoms in total. The number of aliphatic hydroxyl groups excluding tert-OH is 1. The van der Waals surface area contributed by atoms with Gasteiger partial charge in [0.05, 0.1) is 12.4 Å². The van der Waals surface area contributed by atoms with Crippen LogP contribution in [0.25, 0.3) is 0 Å². The number of nitrogens with one attached hydrogen (secondary N) is 1. The van der Waals surface area contributed by atoms with E-state index in [-0.39, 0.29) is 24.1 Å². The fourth-order valence-electron chi connectivity index (χ4n) is 4.57. The van der Waals surface area contributed by atoms with Gasteiger partial charge >= 0.3 is 0 Å². The molecule has 2 atom stereocenters. The number of sulfonamides is 1. The van der Waals surface area contributed by atoms with Crippen LogP contribution in [0.15, 0.2) is 36.7 Å². The monoisotopic (exact) mass is 473 g/mol. The van der Waals surface area contributed by atoms with Crippen LogP contribution in [0.1, 0.15) is 33.7 Å². The molecule has 2 aliphatic heterocycles. The zero-order valence-electron chi connectivity index (χ0n) is 18.9. The molecule has 33 heavy (non-hydrogen) atoms. The molecule has 4 rings (SSSR count). The Morgan fingerprint density at radius 2 is 2.03 bits per heavy atom. The third-order valence-corrected chi connectivity index (χ3v) is 7.62. The van der Waals surface area contributed by atoms with E-state index in [4.69, 9.17) is 0 Å². The maximum absolute atomic E-state index is 12.6. The van der Waals surface area contributed by atoms with Crippen molar-refractivity contribution < 1.29 is 18.3 Å². The molecule has 2 N–H and O–H groups in total. The third kappa shape index (κ3) is 6.35. The molecule has 0 spiro atoms. The maximum atomic E-state index is 12.6. The van der Waals surface area contributed by atoms with E-state index < -0.39 is 16.1 Å². The Morgan fingerprint density at radius 3 is 2.79 bits per heavy atom. The summed E-state index contributed by atoms with van der Waals surface area (Å²) in [5.41, 5.74) is 3.60. The SMILES string of the molecule is CS(=O)(=O)N1CCC(Cc2cc(C(=O)NC[C@H](O)CN3CCc4ccccc4C3)ncn2)C1. The summed E-state index contributed by atoms with van der Waals surface area (Å²) < 4.78 is 24.9. The van der Waals surface area contributed by atoms with Gasteiger partial charge in [0, 0.05) is 45.0 Å². The van der Waals surface area contributed by atoms with E-state index in [0.717, 1.165) is 25.9 Å². The molecule has 0 saturated carbocycles. The average molecular weight is 474 g/mol. The van der Waals surface area contributed by atoms with Crippen LogP contribution in [0.4, 0.5) is 0 Å². The van der Waals surface area contributed by atoms with Crippen LogP contribution in [-0.4, -0.2) is 83.7 Å². The van der Waals surface area contributed by atoms with Gasteiger partial charge in [-0.2, -0.15) is 0 Å². The molecule has 2 aromatic rings. The predicted octanol–water partition coefficient (Wildman–Crippen LogP) is 0.450. The van der Waals surface area contributed by atoms with Crippen molar-refractivity contribution >= 4 is 15.9 Å². The predicted molar refractivity (Wildman–Crippen MR) is 124 cm³/mol. The zero-order valence-corrected chi connectivity index (χ0v) is 19.7. The minimum absolute atomic E-state index is 0.141. The Kier molecular flexibility index (Phi) is 7.38. The molecule has 2 aliphatic rings. The van der Waals surface area contributed by atoms with Crippen molar-refractivity contribution in [3.8, 4) is 0 Å². The number of rotatable bonds is 8.